The van der Waals surface area contributed by atoms with Gasteiger partial charge in [0.15, 0.2) is 0 Å². The first-order valence-electron chi connectivity index (χ1n) is 12.6. The van der Waals surface area contributed by atoms with Crippen molar-refractivity contribution in [1.29, 1.82) is 0 Å². The number of morpholine rings is 1. The van der Waals surface area contributed by atoms with E-state index in [1.807, 2.05) is 37.3 Å². The number of benzene rings is 2. The third-order valence-corrected chi connectivity index (χ3v) is 8.93. The first kappa shape index (κ1) is 24.7. The first-order chi connectivity index (χ1) is 18.3. The van der Waals surface area contributed by atoms with Crippen LogP contribution in [0.1, 0.15) is 21.9 Å². The molecule has 38 heavy (non-hydrogen) atoms. The number of hydrogen-bond donors (Lipinski definition) is 1. The predicted octanol–water partition coefficient (Wildman–Crippen LogP) is 2.93. The number of H-pyrrole nitrogens is 1. The van der Waals surface area contributed by atoms with Crippen molar-refractivity contribution in [2.45, 2.75) is 18.4 Å². The van der Waals surface area contributed by atoms with Crippen LogP contribution in [0.5, 0.6) is 5.75 Å². The molecule has 0 aliphatic carbocycles. The molecule has 0 atom stereocenters. The van der Waals surface area contributed by atoms with E-state index in [0.717, 1.165) is 39.3 Å². The lowest BCUT2D eigenvalue weighted by Gasteiger charge is -2.25. The number of fused-ring (bicyclic) bond motifs is 2. The topological polar surface area (TPSA) is 110 Å². The fraction of sp³-hybridized carbons (Fsp3) is 0.333. The summed E-state index contributed by atoms with van der Waals surface area (Å²) in [5, 5.41) is 0. The molecular weight excluding hydrogens is 506 g/mol. The Morgan fingerprint density at radius 3 is 2.58 bits per heavy atom. The van der Waals surface area contributed by atoms with Crippen molar-refractivity contribution in [2.24, 2.45) is 7.05 Å². The SMILES string of the molecule is Cc1nc2ccc(-c3ccc4c(c3)CN(C(=O)c3cc(S(=O)(=O)N5CCOCC5)cn3C)CCO4)cc2[nH]1. The lowest BCUT2D eigenvalue weighted by molar-refractivity contribution is 0.0722. The average molecular weight is 536 g/mol. The van der Waals surface area contributed by atoms with E-state index in [4.69, 9.17) is 9.47 Å². The van der Waals surface area contributed by atoms with E-state index < -0.39 is 10.0 Å². The van der Waals surface area contributed by atoms with Crippen LogP contribution in [0, 0.1) is 6.92 Å². The Hall–Kier alpha value is -3.67. The quantitative estimate of drug-likeness (QED) is 0.430. The second kappa shape index (κ2) is 9.57. The van der Waals surface area contributed by atoms with E-state index in [2.05, 4.69) is 16.0 Å². The lowest BCUT2D eigenvalue weighted by atomic mass is 10.0. The summed E-state index contributed by atoms with van der Waals surface area (Å²) >= 11 is 0. The summed E-state index contributed by atoms with van der Waals surface area (Å²) in [6.07, 6.45) is 1.51. The van der Waals surface area contributed by atoms with Gasteiger partial charge in [-0.3, -0.25) is 4.79 Å². The number of amides is 1. The molecule has 10 nitrogen and oxygen atoms in total. The van der Waals surface area contributed by atoms with Crippen LogP contribution in [0.15, 0.2) is 53.6 Å². The maximum absolute atomic E-state index is 13.6. The van der Waals surface area contributed by atoms with Gasteiger partial charge in [-0.25, -0.2) is 13.4 Å². The van der Waals surface area contributed by atoms with Gasteiger partial charge in [-0.15, -0.1) is 0 Å². The molecule has 1 N–H and O–H groups in total. The smallest absolute Gasteiger partial charge is 0.270 e. The Labute approximate surface area is 220 Å². The predicted molar refractivity (Wildman–Crippen MR) is 141 cm³/mol. The highest BCUT2D eigenvalue weighted by molar-refractivity contribution is 7.89. The summed E-state index contributed by atoms with van der Waals surface area (Å²) in [6, 6.07) is 13.6. The molecule has 2 aliphatic rings. The first-order valence-corrected chi connectivity index (χ1v) is 14.0. The third kappa shape index (κ3) is 4.46. The molecule has 0 bridgehead atoms. The number of rotatable bonds is 4. The zero-order valence-electron chi connectivity index (χ0n) is 21.3. The number of nitrogens with zero attached hydrogens (tertiary/aromatic N) is 4. The van der Waals surface area contributed by atoms with Crippen LogP contribution >= 0.6 is 0 Å². The summed E-state index contributed by atoms with van der Waals surface area (Å²) < 4.78 is 40.5. The van der Waals surface area contributed by atoms with Crippen LogP contribution in [-0.4, -0.2) is 77.5 Å². The Kier molecular flexibility index (Phi) is 6.21. The Bertz CT molecular complexity index is 1630. The molecule has 1 amide bonds. The summed E-state index contributed by atoms with van der Waals surface area (Å²) in [5.41, 5.74) is 5.13. The summed E-state index contributed by atoms with van der Waals surface area (Å²) in [4.78, 5) is 23.2. The fourth-order valence-electron chi connectivity index (χ4n) is 5.05. The second-order valence-corrected chi connectivity index (χ2v) is 11.6. The molecule has 0 saturated carbocycles. The lowest BCUT2D eigenvalue weighted by Crippen LogP contribution is -2.40. The molecule has 2 aromatic heterocycles. The van der Waals surface area contributed by atoms with Gasteiger partial charge in [0.2, 0.25) is 10.0 Å². The van der Waals surface area contributed by atoms with E-state index in [9.17, 15) is 13.2 Å². The van der Waals surface area contributed by atoms with E-state index in [1.165, 1.54) is 16.6 Å². The molecule has 2 aromatic carbocycles. The zero-order chi connectivity index (χ0) is 26.4. The summed E-state index contributed by atoms with van der Waals surface area (Å²) in [5.74, 6) is 1.36. The number of imidazole rings is 1. The number of aromatic nitrogens is 3. The molecular formula is C27H29N5O5S. The number of nitrogens with one attached hydrogen (secondary N) is 1. The van der Waals surface area contributed by atoms with Crippen molar-refractivity contribution in [3.63, 3.8) is 0 Å². The maximum atomic E-state index is 13.6. The molecule has 0 radical (unpaired) electrons. The van der Waals surface area contributed by atoms with E-state index >= 15 is 0 Å². The molecule has 198 valence electrons. The second-order valence-electron chi connectivity index (χ2n) is 9.64. The minimum atomic E-state index is -3.70. The summed E-state index contributed by atoms with van der Waals surface area (Å²) in [6.45, 7) is 4.35. The molecule has 6 rings (SSSR count). The number of carbonyl (C=O) groups is 1. The minimum Gasteiger partial charge on any atom is -0.491 e. The largest absolute Gasteiger partial charge is 0.491 e. The van der Waals surface area contributed by atoms with E-state index in [-0.39, 0.29) is 10.8 Å². The molecule has 11 heteroatoms. The Morgan fingerprint density at radius 2 is 1.76 bits per heavy atom. The van der Waals surface area contributed by atoms with Crippen molar-refractivity contribution in [2.75, 3.05) is 39.5 Å². The number of carbonyl (C=O) groups excluding carboxylic acids is 1. The highest BCUT2D eigenvalue weighted by atomic mass is 32.2. The molecule has 0 spiro atoms. The van der Waals surface area contributed by atoms with Gasteiger partial charge in [-0.05, 0) is 48.4 Å². The van der Waals surface area contributed by atoms with Crippen LogP contribution in [0.2, 0.25) is 0 Å². The van der Waals surface area contributed by atoms with Crippen LogP contribution in [0.25, 0.3) is 22.2 Å². The van der Waals surface area contributed by atoms with Gasteiger partial charge in [0.1, 0.15) is 28.8 Å². The van der Waals surface area contributed by atoms with Gasteiger partial charge in [0.25, 0.3) is 5.91 Å². The van der Waals surface area contributed by atoms with Crippen molar-refractivity contribution < 1.29 is 22.7 Å². The molecule has 1 fully saturated rings. The van der Waals surface area contributed by atoms with E-state index in [1.54, 1.807) is 16.5 Å². The van der Waals surface area contributed by atoms with Gasteiger partial charge in [0.05, 0.1) is 30.8 Å². The number of sulfonamides is 1. The summed E-state index contributed by atoms with van der Waals surface area (Å²) in [7, 11) is -2.01. The highest BCUT2D eigenvalue weighted by Crippen LogP contribution is 2.31. The van der Waals surface area contributed by atoms with E-state index in [0.29, 0.717) is 51.7 Å². The molecule has 4 heterocycles. The van der Waals surface area contributed by atoms with Gasteiger partial charge < -0.3 is 23.9 Å². The molecule has 1 saturated heterocycles. The maximum Gasteiger partial charge on any atom is 0.270 e. The number of aryl methyl sites for hydroxylation is 2. The van der Waals surface area contributed by atoms with Crippen LogP contribution in [-0.2, 0) is 28.4 Å². The van der Waals surface area contributed by atoms with Crippen molar-refractivity contribution in [3.8, 4) is 16.9 Å². The van der Waals surface area contributed by atoms with Crippen LogP contribution in [0.3, 0.4) is 0 Å². The van der Waals surface area contributed by atoms with Gasteiger partial charge >= 0.3 is 0 Å². The van der Waals surface area contributed by atoms with Crippen molar-refractivity contribution >= 4 is 27.0 Å². The normalized spacial score (nSPS) is 16.7. The average Bonchev–Trinajstić information content (AvgIpc) is 3.42. The standard InChI is InChI=1S/C27H29N5O5S/c1-18-28-23-5-3-20(14-24(23)29-18)19-4-6-26-21(13-19)16-31(7-12-37-26)27(33)25-15-22(17-30(25)2)38(34,35)32-8-10-36-11-9-32/h3-6,13-15,17H,7-12,16H2,1-2H3,(H,28,29). The van der Waals surface area contributed by atoms with Crippen LogP contribution < -0.4 is 4.74 Å². The number of aromatic amines is 1. The monoisotopic (exact) mass is 535 g/mol. The number of hydrogen-bond acceptors (Lipinski definition) is 6. The molecule has 0 unspecified atom stereocenters. The minimum absolute atomic E-state index is 0.114. The Morgan fingerprint density at radius 1 is 1.00 bits per heavy atom. The molecule has 2 aliphatic heterocycles. The highest BCUT2D eigenvalue weighted by Gasteiger charge is 2.30. The fourth-order valence-corrected chi connectivity index (χ4v) is 6.53. The third-order valence-electron chi connectivity index (χ3n) is 7.07. The van der Waals surface area contributed by atoms with Gasteiger partial charge in [-0.2, -0.15) is 4.31 Å². The molecule has 4 aromatic rings. The van der Waals surface area contributed by atoms with Crippen LogP contribution in [0.4, 0.5) is 0 Å². The Balaban J connectivity index is 1.27. The van der Waals surface area contributed by atoms with Gasteiger partial charge in [-0.1, -0.05) is 12.1 Å². The zero-order valence-corrected chi connectivity index (χ0v) is 22.1. The van der Waals surface area contributed by atoms with Gasteiger partial charge in [0, 0.05) is 38.4 Å². The number of ether oxygens (including phenoxy) is 2. The van der Waals surface area contributed by atoms with Crippen molar-refractivity contribution in [3.05, 3.63) is 65.7 Å². The van der Waals surface area contributed by atoms with Crippen molar-refractivity contribution in [1.82, 2.24) is 23.7 Å².